The van der Waals surface area contributed by atoms with E-state index in [9.17, 15) is 4.79 Å². The lowest BCUT2D eigenvalue weighted by Gasteiger charge is -2.14. The van der Waals surface area contributed by atoms with Gasteiger partial charge in [0.05, 0.1) is 11.9 Å². The molecule has 3 rings (SSSR count). The van der Waals surface area contributed by atoms with Gasteiger partial charge in [0, 0.05) is 26.2 Å². The van der Waals surface area contributed by atoms with E-state index in [1.165, 1.54) is 5.56 Å². The Morgan fingerprint density at radius 3 is 2.76 bits per heavy atom. The average Bonchev–Trinajstić information content (AvgIpc) is 2.92. The molecule has 0 radical (unpaired) electrons. The molecule has 2 heterocycles. The first-order valence-electron chi connectivity index (χ1n) is 6.92. The molecule has 0 fully saturated rings. The van der Waals surface area contributed by atoms with Gasteiger partial charge in [0.1, 0.15) is 11.9 Å². The van der Waals surface area contributed by atoms with Crippen molar-refractivity contribution >= 4 is 23.1 Å². The molecule has 2 N–H and O–H groups in total. The summed E-state index contributed by atoms with van der Waals surface area (Å²) in [4.78, 5) is 18.5. The highest BCUT2D eigenvalue weighted by Crippen LogP contribution is 2.25. The Labute approximate surface area is 124 Å². The summed E-state index contributed by atoms with van der Waals surface area (Å²) in [6, 6.07) is 11.5. The van der Waals surface area contributed by atoms with Crippen LogP contribution in [0, 0.1) is 0 Å². The number of fused-ring (bicyclic) bond motifs is 1. The number of hydrogen-bond donors (Lipinski definition) is 2. The first-order valence-corrected chi connectivity index (χ1v) is 6.92. The molecule has 21 heavy (non-hydrogen) atoms. The highest BCUT2D eigenvalue weighted by molar-refractivity contribution is 5.98. The summed E-state index contributed by atoms with van der Waals surface area (Å²) >= 11 is 0. The molecule has 1 aromatic heterocycles. The Kier molecular flexibility index (Phi) is 3.48. The van der Waals surface area contributed by atoms with E-state index < -0.39 is 0 Å². The molecular formula is C16H18N4O. The van der Waals surface area contributed by atoms with Gasteiger partial charge in [0.25, 0.3) is 0 Å². The van der Waals surface area contributed by atoms with Crippen LogP contribution in [-0.4, -0.2) is 31.0 Å². The summed E-state index contributed by atoms with van der Waals surface area (Å²) in [5.74, 6) is 0.824. The predicted octanol–water partition coefficient (Wildman–Crippen LogP) is 2.12. The van der Waals surface area contributed by atoms with Crippen LogP contribution < -0.4 is 15.5 Å². The molecule has 0 bridgehead atoms. The second-order valence-electron chi connectivity index (χ2n) is 5.35. The minimum Gasteiger partial charge on any atom is -0.373 e. The van der Waals surface area contributed by atoms with Gasteiger partial charge >= 0.3 is 0 Å². The molecule has 0 aliphatic carbocycles. The van der Waals surface area contributed by atoms with Crippen LogP contribution >= 0.6 is 0 Å². The third kappa shape index (κ3) is 2.81. The molecule has 1 aromatic carbocycles. The monoisotopic (exact) mass is 282 g/mol. The van der Waals surface area contributed by atoms with Crippen molar-refractivity contribution in [2.45, 2.75) is 12.5 Å². The molecule has 1 amide bonds. The maximum absolute atomic E-state index is 12.3. The van der Waals surface area contributed by atoms with E-state index in [4.69, 9.17) is 0 Å². The molecule has 5 heteroatoms. The number of pyridine rings is 1. The normalized spacial score (nSPS) is 16.0. The average molecular weight is 282 g/mol. The molecule has 1 atom stereocenters. The predicted molar refractivity (Wildman–Crippen MR) is 84.8 cm³/mol. The molecule has 108 valence electrons. The zero-order chi connectivity index (χ0) is 14.8. The van der Waals surface area contributed by atoms with Gasteiger partial charge < -0.3 is 15.5 Å². The minimum absolute atomic E-state index is 0.0365. The maximum Gasteiger partial charge on any atom is 0.247 e. The van der Waals surface area contributed by atoms with Crippen molar-refractivity contribution in [1.82, 2.24) is 4.98 Å². The second-order valence-corrected chi connectivity index (χ2v) is 5.35. The fourth-order valence-corrected chi connectivity index (χ4v) is 2.41. The Balaban J connectivity index is 1.65. The van der Waals surface area contributed by atoms with Gasteiger partial charge in [-0.05, 0) is 23.8 Å². The number of aromatic nitrogens is 1. The zero-order valence-corrected chi connectivity index (χ0v) is 12.1. The Hall–Kier alpha value is -2.56. The number of benzene rings is 1. The van der Waals surface area contributed by atoms with E-state index in [1.54, 1.807) is 6.20 Å². The lowest BCUT2D eigenvalue weighted by atomic mass is 10.1. The molecule has 2 aromatic rings. The molecule has 5 nitrogen and oxygen atoms in total. The van der Waals surface area contributed by atoms with E-state index in [0.717, 1.165) is 11.5 Å². The molecule has 0 saturated heterocycles. The number of rotatable bonds is 3. The van der Waals surface area contributed by atoms with E-state index in [1.807, 2.05) is 55.4 Å². The number of hydrogen-bond acceptors (Lipinski definition) is 4. The van der Waals surface area contributed by atoms with Crippen LogP contribution in [0.4, 0.5) is 17.2 Å². The summed E-state index contributed by atoms with van der Waals surface area (Å²) in [6.45, 7) is 0. The van der Waals surface area contributed by atoms with E-state index in [2.05, 4.69) is 15.6 Å². The van der Waals surface area contributed by atoms with Crippen LogP contribution in [-0.2, 0) is 11.2 Å². The van der Waals surface area contributed by atoms with Gasteiger partial charge in [-0.2, -0.15) is 0 Å². The number of carbonyl (C=O) groups is 1. The van der Waals surface area contributed by atoms with Crippen LogP contribution in [0.5, 0.6) is 0 Å². The first kappa shape index (κ1) is 13.4. The highest BCUT2D eigenvalue weighted by Gasteiger charge is 2.26. The van der Waals surface area contributed by atoms with Crippen LogP contribution in [0.15, 0.2) is 42.6 Å². The third-order valence-electron chi connectivity index (χ3n) is 3.56. The number of carbonyl (C=O) groups excluding carboxylic acids is 1. The Morgan fingerprint density at radius 1 is 1.29 bits per heavy atom. The fourth-order valence-electron chi connectivity index (χ4n) is 2.41. The highest BCUT2D eigenvalue weighted by atomic mass is 16.2. The van der Waals surface area contributed by atoms with Crippen molar-refractivity contribution in [2.75, 3.05) is 29.6 Å². The van der Waals surface area contributed by atoms with Crippen LogP contribution in [0.2, 0.25) is 0 Å². The molecule has 0 spiro atoms. The van der Waals surface area contributed by atoms with Gasteiger partial charge in [-0.1, -0.05) is 18.2 Å². The second kappa shape index (κ2) is 5.44. The molecule has 1 aliphatic rings. The van der Waals surface area contributed by atoms with E-state index >= 15 is 0 Å². The summed E-state index contributed by atoms with van der Waals surface area (Å²) in [5, 5.41) is 6.15. The SMILES string of the molecule is CN(C)c1ccc(NC(=O)[C@@H]2Cc3ccccc3N2)cn1. The van der Waals surface area contributed by atoms with Gasteiger partial charge in [0.15, 0.2) is 0 Å². The summed E-state index contributed by atoms with van der Waals surface area (Å²) in [5.41, 5.74) is 2.93. The minimum atomic E-state index is -0.226. The summed E-state index contributed by atoms with van der Waals surface area (Å²) in [6.07, 6.45) is 2.39. The lowest BCUT2D eigenvalue weighted by Crippen LogP contribution is -2.32. The molecular weight excluding hydrogens is 264 g/mol. The van der Waals surface area contributed by atoms with Crippen molar-refractivity contribution in [3.05, 3.63) is 48.2 Å². The quantitative estimate of drug-likeness (QED) is 0.905. The van der Waals surface area contributed by atoms with Crippen molar-refractivity contribution < 1.29 is 4.79 Å². The number of para-hydroxylation sites is 1. The Morgan fingerprint density at radius 2 is 2.10 bits per heavy atom. The summed E-state index contributed by atoms with van der Waals surface area (Å²) in [7, 11) is 3.86. The number of amides is 1. The first-order chi connectivity index (χ1) is 10.1. The smallest absolute Gasteiger partial charge is 0.247 e. The van der Waals surface area contributed by atoms with Crippen molar-refractivity contribution in [3.8, 4) is 0 Å². The largest absolute Gasteiger partial charge is 0.373 e. The standard InChI is InChI=1S/C16H18N4O/c1-20(2)15-8-7-12(10-17-15)18-16(21)14-9-11-5-3-4-6-13(11)19-14/h3-8,10,14,19H,9H2,1-2H3,(H,18,21)/t14-/m0/s1. The van der Waals surface area contributed by atoms with Crippen molar-refractivity contribution in [1.29, 1.82) is 0 Å². The van der Waals surface area contributed by atoms with Crippen LogP contribution in [0.25, 0.3) is 0 Å². The topological polar surface area (TPSA) is 57.3 Å². The Bertz CT molecular complexity index is 627. The summed E-state index contributed by atoms with van der Waals surface area (Å²) < 4.78 is 0. The number of nitrogens with one attached hydrogen (secondary N) is 2. The van der Waals surface area contributed by atoms with Gasteiger partial charge in [-0.3, -0.25) is 4.79 Å². The van der Waals surface area contributed by atoms with Gasteiger partial charge in [-0.15, -0.1) is 0 Å². The van der Waals surface area contributed by atoms with Crippen molar-refractivity contribution in [2.24, 2.45) is 0 Å². The van der Waals surface area contributed by atoms with E-state index in [-0.39, 0.29) is 11.9 Å². The third-order valence-corrected chi connectivity index (χ3v) is 3.56. The lowest BCUT2D eigenvalue weighted by molar-refractivity contribution is -0.116. The van der Waals surface area contributed by atoms with Crippen LogP contribution in [0.1, 0.15) is 5.56 Å². The zero-order valence-electron chi connectivity index (χ0n) is 12.1. The molecule has 1 aliphatic heterocycles. The maximum atomic E-state index is 12.3. The van der Waals surface area contributed by atoms with Gasteiger partial charge in [-0.25, -0.2) is 4.98 Å². The molecule has 0 saturated carbocycles. The van der Waals surface area contributed by atoms with E-state index in [0.29, 0.717) is 12.1 Å². The fraction of sp³-hybridized carbons (Fsp3) is 0.250. The number of anilines is 3. The van der Waals surface area contributed by atoms with Crippen LogP contribution in [0.3, 0.4) is 0 Å². The number of nitrogens with zero attached hydrogens (tertiary/aromatic N) is 2. The molecule has 0 unspecified atom stereocenters. The van der Waals surface area contributed by atoms with Gasteiger partial charge in [0.2, 0.25) is 5.91 Å². The van der Waals surface area contributed by atoms with Crippen molar-refractivity contribution in [3.63, 3.8) is 0 Å².